The fraction of sp³-hybridized carbons (Fsp3) is 0.0714. The Morgan fingerprint density at radius 3 is 2.89 bits per heavy atom. The molecular weight excluding hydrogens is 228 g/mol. The van der Waals surface area contributed by atoms with E-state index in [1.165, 1.54) is 0 Å². The highest BCUT2D eigenvalue weighted by Crippen LogP contribution is 2.27. The fourth-order valence-corrected chi connectivity index (χ4v) is 1.82. The van der Waals surface area contributed by atoms with Crippen LogP contribution in [0.25, 0.3) is 22.6 Å². The molecule has 0 unspecified atom stereocenters. The van der Waals surface area contributed by atoms with Gasteiger partial charge in [-0.2, -0.15) is 0 Å². The summed E-state index contributed by atoms with van der Waals surface area (Å²) in [7, 11) is 1.63. The summed E-state index contributed by atoms with van der Waals surface area (Å²) in [5.74, 6) is 1.34. The lowest BCUT2D eigenvalue weighted by molar-refractivity contribution is 0.415. The maximum atomic E-state index is 5.72. The van der Waals surface area contributed by atoms with Crippen molar-refractivity contribution >= 4 is 16.8 Å². The number of oxazole rings is 1. The van der Waals surface area contributed by atoms with Crippen molar-refractivity contribution in [3.63, 3.8) is 0 Å². The van der Waals surface area contributed by atoms with Gasteiger partial charge >= 0.3 is 0 Å². The maximum Gasteiger partial charge on any atom is 0.227 e. The molecule has 18 heavy (non-hydrogen) atoms. The number of nitrogen functional groups attached to an aromatic ring is 1. The van der Waals surface area contributed by atoms with Crippen LogP contribution in [-0.2, 0) is 0 Å². The van der Waals surface area contributed by atoms with E-state index in [0.717, 1.165) is 22.4 Å². The molecule has 3 aromatic rings. The van der Waals surface area contributed by atoms with Gasteiger partial charge in [0.1, 0.15) is 11.3 Å². The zero-order valence-corrected chi connectivity index (χ0v) is 9.88. The first-order valence-corrected chi connectivity index (χ1v) is 5.57. The highest BCUT2D eigenvalue weighted by molar-refractivity contribution is 5.79. The van der Waals surface area contributed by atoms with Crippen molar-refractivity contribution in [2.75, 3.05) is 12.8 Å². The van der Waals surface area contributed by atoms with Gasteiger partial charge in [0.05, 0.1) is 7.11 Å². The number of ether oxygens (including phenoxy) is 1. The third-order valence-electron chi connectivity index (χ3n) is 2.73. The summed E-state index contributed by atoms with van der Waals surface area (Å²) < 4.78 is 10.9. The molecule has 1 aromatic heterocycles. The number of nitrogens with zero attached hydrogens (tertiary/aromatic N) is 1. The summed E-state index contributed by atoms with van der Waals surface area (Å²) >= 11 is 0. The molecule has 0 fully saturated rings. The molecule has 4 heteroatoms. The molecule has 0 aliphatic carbocycles. The molecule has 0 bridgehead atoms. The molecule has 0 atom stereocenters. The molecule has 0 radical (unpaired) electrons. The van der Waals surface area contributed by atoms with E-state index in [0.29, 0.717) is 11.6 Å². The second kappa shape index (κ2) is 4.07. The number of benzene rings is 2. The van der Waals surface area contributed by atoms with Gasteiger partial charge in [-0.25, -0.2) is 4.98 Å². The van der Waals surface area contributed by atoms with E-state index >= 15 is 0 Å². The number of fused-ring (bicyclic) bond motifs is 1. The summed E-state index contributed by atoms with van der Waals surface area (Å²) in [5, 5.41) is 0. The second-order valence-corrected chi connectivity index (χ2v) is 3.98. The van der Waals surface area contributed by atoms with Crippen LogP contribution >= 0.6 is 0 Å². The van der Waals surface area contributed by atoms with Crippen LogP contribution in [0.3, 0.4) is 0 Å². The number of aromatic nitrogens is 1. The van der Waals surface area contributed by atoms with Crippen molar-refractivity contribution in [3.8, 4) is 17.2 Å². The number of nitrogens with two attached hydrogens (primary N) is 1. The van der Waals surface area contributed by atoms with Crippen LogP contribution in [0.2, 0.25) is 0 Å². The largest absolute Gasteiger partial charge is 0.497 e. The van der Waals surface area contributed by atoms with Crippen molar-refractivity contribution in [3.05, 3.63) is 42.5 Å². The Kier molecular flexibility index (Phi) is 2.41. The van der Waals surface area contributed by atoms with Gasteiger partial charge < -0.3 is 14.9 Å². The molecule has 0 aliphatic rings. The SMILES string of the molecule is COc1cccc(-c2nc3cc(N)ccc3o2)c1. The van der Waals surface area contributed by atoms with Gasteiger partial charge in [-0.3, -0.25) is 0 Å². The summed E-state index contributed by atoms with van der Waals surface area (Å²) in [6, 6.07) is 13.0. The zero-order chi connectivity index (χ0) is 12.5. The van der Waals surface area contributed by atoms with Gasteiger partial charge in [-0.15, -0.1) is 0 Å². The molecule has 1 heterocycles. The van der Waals surface area contributed by atoms with E-state index in [1.807, 2.05) is 30.3 Å². The van der Waals surface area contributed by atoms with Crippen LogP contribution in [-0.4, -0.2) is 12.1 Å². The van der Waals surface area contributed by atoms with E-state index in [9.17, 15) is 0 Å². The molecule has 0 saturated carbocycles. The summed E-state index contributed by atoms with van der Waals surface area (Å²) in [6.45, 7) is 0. The monoisotopic (exact) mass is 240 g/mol. The van der Waals surface area contributed by atoms with Crippen molar-refractivity contribution in [2.24, 2.45) is 0 Å². The Balaban J connectivity index is 2.13. The summed E-state index contributed by atoms with van der Waals surface area (Å²) in [5.41, 5.74) is 8.75. The molecule has 2 aromatic carbocycles. The Labute approximate surface area is 104 Å². The van der Waals surface area contributed by atoms with E-state index in [4.69, 9.17) is 14.9 Å². The van der Waals surface area contributed by atoms with Gasteiger partial charge in [-0.05, 0) is 36.4 Å². The topological polar surface area (TPSA) is 61.3 Å². The summed E-state index contributed by atoms with van der Waals surface area (Å²) in [4.78, 5) is 4.42. The number of rotatable bonds is 2. The smallest absolute Gasteiger partial charge is 0.227 e. The number of anilines is 1. The lowest BCUT2D eigenvalue weighted by Crippen LogP contribution is -1.83. The molecular formula is C14H12N2O2. The van der Waals surface area contributed by atoms with Crippen LogP contribution in [0, 0.1) is 0 Å². The highest BCUT2D eigenvalue weighted by Gasteiger charge is 2.08. The van der Waals surface area contributed by atoms with Crippen LogP contribution in [0.4, 0.5) is 5.69 Å². The lowest BCUT2D eigenvalue weighted by atomic mass is 10.2. The van der Waals surface area contributed by atoms with Gasteiger partial charge in [0.2, 0.25) is 5.89 Å². The fourth-order valence-electron chi connectivity index (χ4n) is 1.82. The van der Waals surface area contributed by atoms with Crippen molar-refractivity contribution < 1.29 is 9.15 Å². The number of hydrogen-bond donors (Lipinski definition) is 1. The van der Waals surface area contributed by atoms with Crippen molar-refractivity contribution in [1.29, 1.82) is 0 Å². The first kappa shape index (κ1) is 10.7. The maximum absolute atomic E-state index is 5.72. The highest BCUT2D eigenvalue weighted by atomic mass is 16.5. The molecule has 3 rings (SSSR count). The Hall–Kier alpha value is -2.49. The minimum Gasteiger partial charge on any atom is -0.497 e. The minimum absolute atomic E-state index is 0.564. The average molecular weight is 240 g/mol. The van der Waals surface area contributed by atoms with Crippen molar-refractivity contribution in [2.45, 2.75) is 0 Å². The Morgan fingerprint density at radius 2 is 2.06 bits per heavy atom. The predicted octanol–water partition coefficient (Wildman–Crippen LogP) is 3.09. The minimum atomic E-state index is 0.564. The third-order valence-corrected chi connectivity index (χ3v) is 2.73. The Bertz CT molecular complexity index is 704. The number of methoxy groups -OCH3 is 1. The quantitative estimate of drug-likeness (QED) is 0.699. The lowest BCUT2D eigenvalue weighted by Gasteiger charge is -2.00. The van der Waals surface area contributed by atoms with Gasteiger partial charge in [0.25, 0.3) is 0 Å². The van der Waals surface area contributed by atoms with E-state index in [2.05, 4.69) is 4.98 Å². The third kappa shape index (κ3) is 1.78. The van der Waals surface area contributed by atoms with Crippen LogP contribution in [0.15, 0.2) is 46.9 Å². The van der Waals surface area contributed by atoms with E-state index < -0.39 is 0 Å². The molecule has 2 N–H and O–H groups in total. The number of hydrogen-bond acceptors (Lipinski definition) is 4. The average Bonchev–Trinajstić information content (AvgIpc) is 2.81. The first-order chi connectivity index (χ1) is 8.76. The molecule has 0 saturated heterocycles. The first-order valence-electron chi connectivity index (χ1n) is 5.57. The van der Waals surface area contributed by atoms with Crippen molar-refractivity contribution in [1.82, 2.24) is 4.98 Å². The predicted molar refractivity (Wildman–Crippen MR) is 70.4 cm³/mol. The normalized spacial score (nSPS) is 10.7. The van der Waals surface area contributed by atoms with Gasteiger partial charge in [-0.1, -0.05) is 6.07 Å². The van der Waals surface area contributed by atoms with Crippen LogP contribution in [0.1, 0.15) is 0 Å². The zero-order valence-electron chi connectivity index (χ0n) is 9.88. The second-order valence-electron chi connectivity index (χ2n) is 3.98. The Morgan fingerprint density at radius 1 is 1.17 bits per heavy atom. The van der Waals surface area contributed by atoms with E-state index in [1.54, 1.807) is 19.2 Å². The molecule has 0 amide bonds. The van der Waals surface area contributed by atoms with Gasteiger partial charge in [0.15, 0.2) is 5.58 Å². The summed E-state index contributed by atoms with van der Waals surface area (Å²) in [6.07, 6.45) is 0. The molecule has 90 valence electrons. The standard InChI is InChI=1S/C14H12N2O2/c1-17-11-4-2-3-9(7-11)14-16-12-8-10(15)5-6-13(12)18-14/h2-8H,15H2,1H3. The molecule has 0 aliphatic heterocycles. The molecule has 0 spiro atoms. The van der Waals surface area contributed by atoms with E-state index in [-0.39, 0.29) is 0 Å². The molecule has 4 nitrogen and oxygen atoms in total. The van der Waals surface area contributed by atoms with Gasteiger partial charge in [0, 0.05) is 11.3 Å². The van der Waals surface area contributed by atoms with Crippen LogP contribution < -0.4 is 10.5 Å². The van der Waals surface area contributed by atoms with Crippen LogP contribution in [0.5, 0.6) is 5.75 Å².